The number of nitrogens with zero attached hydrogens (tertiary/aromatic N) is 2. The number of aromatic nitrogens is 2. The first-order valence-corrected chi connectivity index (χ1v) is 7.34. The summed E-state index contributed by atoms with van der Waals surface area (Å²) >= 11 is 6.39. The van der Waals surface area contributed by atoms with Crippen LogP contribution >= 0.6 is 11.6 Å². The second kappa shape index (κ2) is 4.80. The van der Waals surface area contributed by atoms with Crippen molar-refractivity contribution in [1.29, 1.82) is 0 Å². The number of rotatable bonds is 2. The van der Waals surface area contributed by atoms with Crippen LogP contribution in [0.25, 0.3) is 11.0 Å². The van der Waals surface area contributed by atoms with E-state index in [0.29, 0.717) is 17.9 Å². The highest BCUT2D eigenvalue weighted by molar-refractivity contribution is 6.35. The molecular formula is C15H20ClN3. The minimum Gasteiger partial charge on any atom is -0.324 e. The van der Waals surface area contributed by atoms with Crippen LogP contribution in [0.4, 0.5) is 0 Å². The van der Waals surface area contributed by atoms with E-state index in [1.54, 1.807) is 0 Å². The number of imidazole rings is 1. The molecule has 2 atom stereocenters. The summed E-state index contributed by atoms with van der Waals surface area (Å²) in [7, 11) is 0. The molecule has 2 heterocycles. The fourth-order valence-corrected chi connectivity index (χ4v) is 3.33. The van der Waals surface area contributed by atoms with Gasteiger partial charge in [-0.3, -0.25) is 0 Å². The summed E-state index contributed by atoms with van der Waals surface area (Å²) in [5.74, 6) is 2.27. The second-order valence-electron chi connectivity index (χ2n) is 5.78. The van der Waals surface area contributed by atoms with Crippen molar-refractivity contribution < 1.29 is 0 Å². The second-order valence-corrected chi connectivity index (χ2v) is 6.19. The quantitative estimate of drug-likeness (QED) is 0.909. The molecule has 3 rings (SSSR count). The van der Waals surface area contributed by atoms with Gasteiger partial charge in [-0.1, -0.05) is 24.6 Å². The molecule has 0 saturated carbocycles. The zero-order valence-corrected chi connectivity index (χ0v) is 12.4. The molecule has 0 unspecified atom stereocenters. The molecule has 1 fully saturated rings. The van der Waals surface area contributed by atoms with Crippen LogP contribution in [-0.2, 0) is 0 Å². The van der Waals surface area contributed by atoms with Gasteiger partial charge in [0.1, 0.15) is 5.82 Å². The van der Waals surface area contributed by atoms with Gasteiger partial charge >= 0.3 is 0 Å². The van der Waals surface area contributed by atoms with Crippen LogP contribution in [0.15, 0.2) is 18.2 Å². The van der Waals surface area contributed by atoms with E-state index in [4.69, 9.17) is 16.6 Å². The molecule has 1 saturated heterocycles. The Labute approximate surface area is 119 Å². The maximum Gasteiger partial charge on any atom is 0.114 e. The van der Waals surface area contributed by atoms with E-state index in [1.165, 1.54) is 5.82 Å². The van der Waals surface area contributed by atoms with Gasteiger partial charge in [0.2, 0.25) is 0 Å². The fourth-order valence-electron chi connectivity index (χ4n) is 3.06. The normalized spacial score (nSPS) is 23.6. The average molecular weight is 278 g/mol. The number of halogens is 1. The molecule has 1 aliphatic rings. The lowest BCUT2D eigenvalue weighted by Gasteiger charge is -2.19. The summed E-state index contributed by atoms with van der Waals surface area (Å²) < 4.78 is 2.31. The van der Waals surface area contributed by atoms with Crippen molar-refractivity contribution >= 4 is 22.6 Å². The monoisotopic (exact) mass is 277 g/mol. The molecule has 102 valence electrons. The molecule has 3 nitrogen and oxygen atoms in total. The number of nitrogens with one attached hydrogen (secondary N) is 1. The summed E-state index contributed by atoms with van der Waals surface area (Å²) in [6.45, 7) is 8.76. The molecule has 4 heteroatoms. The standard InChI is InChI=1S/C15H20ClN3/c1-9(2)19-14-12(16)5-4-6-13(14)18-15(19)11-8-17-7-10(11)3/h4-6,9-11,17H,7-8H2,1-3H3/t10-,11-/m1/s1. The Kier molecular flexibility index (Phi) is 3.27. The Bertz CT molecular complexity index is 603. The van der Waals surface area contributed by atoms with Gasteiger partial charge in [-0.15, -0.1) is 0 Å². The van der Waals surface area contributed by atoms with Gasteiger partial charge in [0.15, 0.2) is 0 Å². The Morgan fingerprint density at radius 2 is 2.16 bits per heavy atom. The summed E-state index contributed by atoms with van der Waals surface area (Å²) in [6, 6.07) is 6.34. The first kappa shape index (κ1) is 12.9. The first-order valence-electron chi connectivity index (χ1n) is 6.96. The minimum absolute atomic E-state index is 0.368. The fraction of sp³-hybridized carbons (Fsp3) is 0.533. The molecule has 0 aliphatic carbocycles. The molecule has 1 N–H and O–H groups in total. The predicted molar refractivity (Wildman–Crippen MR) is 79.9 cm³/mol. The van der Waals surface area contributed by atoms with Crippen molar-refractivity contribution in [3.05, 3.63) is 29.0 Å². The number of hydrogen-bond donors (Lipinski definition) is 1. The zero-order valence-electron chi connectivity index (χ0n) is 11.7. The van der Waals surface area contributed by atoms with Gasteiger partial charge in [-0.2, -0.15) is 0 Å². The molecule has 1 aromatic carbocycles. The number of hydrogen-bond acceptors (Lipinski definition) is 2. The highest BCUT2D eigenvalue weighted by Crippen LogP contribution is 2.34. The maximum absolute atomic E-state index is 6.39. The van der Waals surface area contributed by atoms with E-state index in [0.717, 1.165) is 29.1 Å². The van der Waals surface area contributed by atoms with Gasteiger partial charge in [0.25, 0.3) is 0 Å². The van der Waals surface area contributed by atoms with E-state index < -0.39 is 0 Å². The average Bonchev–Trinajstić information content (AvgIpc) is 2.92. The summed E-state index contributed by atoms with van der Waals surface area (Å²) in [6.07, 6.45) is 0. The van der Waals surface area contributed by atoms with Crippen LogP contribution in [0, 0.1) is 5.92 Å². The summed E-state index contributed by atoms with van der Waals surface area (Å²) in [4.78, 5) is 4.87. The third-order valence-electron chi connectivity index (χ3n) is 4.05. The Hall–Kier alpha value is -1.06. The van der Waals surface area contributed by atoms with Crippen molar-refractivity contribution in [3.63, 3.8) is 0 Å². The SMILES string of the molecule is CC(C)n1c([C@@H]2CNC[C@H]2C)nc2cccc(Cl)c21. The van der Waals surface area contributed by atoms with Crippen LogP contribution in [0.3, 0.4) is 0 Å². The highest BCUT2D eigenvalue weighted by Gasteiger charge is 2.30. The molecular weight excluding hydrogens is 258 g/mol. The maximum atomic E-state index is 6.39. The van der Waals surface area contributed by atoms with Gasteiger partial charge < -0.3 is 9.88 Å². The highest BCUT2D eigenvalue weighted by atomic mass is 35.5. The molecule has 2 aromatic rings. The smallest absolute Gasteiger partial charge is 0.114 e. The topological polar surface area (TPSA) is 29.9 Å². The van der Waals surface area contributed by atoms with Crippen molar-refractivity contribution in [2.45, 2.75) is 32.7 Å². The van der Waals surface area contributed by atoms with E-state index in [1.807, 2.05) is 12.1 Å². The Morgan fingerprint density at radius 3 is 2.79 bits per heavy atom. The Morgan fingerprint density at radius 1 is 1.37 bits per heavy atom. The largest absolute Gasteiger partial charge is 0.324 e. The molecule has 0 amide bonds. The van der Waals surface area contributed by atoms with E-state index in [-0.39, 0.29) is 0 Å². The first-order chi connectivity index (χ1) is 9.09. The molecule has 1 aromatic heterocycles. The lowest BCUT2D eigenvalue weighted by Crippen LogP contribution is -2.16. The van der Waals surface area contributed by atoms with Gasteiger partial charge in [0, 0.05) is 18.5 Å². The third-order valence-corrected chi connectivity index (χ3v) is 4.36. The molecule has 0 radical (unpaired) electrons. The minimum atomic E-state index is 0.368. The summed E-state index contributed by atoms with van der Waals surface area (Å²) in [5.41, 5.74) is 2.09. The van der Waals surface area contributed by atoms with Crippen LogP contribution in [0.1, 0.15) is 38.6 Å². The lowest BCUT2D eigenvalue weighted by molar-refractivity contribution is 0.492. The van der Waals surface area contributed by atoms with Crippen molar-refractivity contribution in [2.75, 3.05) is 13.1 Å². The van der Waals surface area contributed by atoms with E-state index in [2.05, 4.69) is 36.7 Å². The van der Waals surface area contributed by atoms with Gasteiger partial charge in [-0.25, -0.2) is 4.98 Å². The molecule has 1 aliphatic heterocycles. The summed E-state index contributed by atoms with van der Waals surface area (Å²) in [5, 5.41) is 4.25. The van der Waals surface area contributed by atoms with Crippen molar-refractivity contribution in [2.24, 2.45) is 5.92 Å². The van der Waals surface area contributed by atoms with Crippen molar-refractivity contribution in [1.82, 2.24) is 14.9 Å². The van der Waals surface area contributed by atoms with Gasteiger partial charge in [-0.05, 0) is 38.4 Å². The number of fused-ring (bicyclic) bond motifs is 1. The predicted octanol–water partition coefficient (Wildman–Crippen LogP) is 3.59. The molecule has 19 heavy (non-hydrogen) atoms. The lowest BCUT2D eigenvalue weighted by atomic mass is 9.97. The number of para-hydroxylation sites is 1. The number of benzene rings is 1. The van der Waals surface area contributed by atoms with Crippen LogP contribution in [0.5, 0.6) is 0 Å². The van der Waals surface area contributed by atoms with Crippen LogP contribution < -0.4 is 5.32 Å². The van der Waals surface area contributed by atoms with Crippen LogP contribution in [0.2, 0.25) is 5.02 Å². The molecule has 0 bridgehead atoms. The Balaban J connectivity index is 2.24. The molecule has 0 spiro atoms. The zero-order chi connectivity index (χ0) is 13.6. The van der Waals surface area contributed by atoms with Crippen LogP contribution in [-0.4, -0.2) is 22.6 Å². The van der Waals surface area contributed by atoms with E-state index >= 15 is 0 Å². The van der Waals surface area contributed by atoms with Gasteiger partial charge in [0.05, 0.1) is 16.1 Å². The van der Waals surface area contributed by atoms with E-state index in [9.17, 15) is 0 Å². The third kappa shape index (κ3) is 2.05. The van der Waals surface area contributed by atoms with Crippen molar-refractivity contribution in [3.8, 4) is 0 Å².